The summed E-state index contributed by atoms with van der Waals surface area (Å²) in [4.78, 5) is 35.4. The Morgan fingerprint density at radius 2 is 1.79 bits per heavy atom. The van der Waals surface area contributed by atoms with Crippen LogP contribution in [0.2, 0.25) is 0 Å². The number of likely N-dealkylation sites (tertiary alicyclic amines) is 1. The highest BCUT2D eigenvalue weighted by atomic mass is 19.4. The topological polar surface area (TPSA) is 75.2 Å². The van der Waals surface area contributed by atoms with Gasteiger partial charge in [-0.3, -0.25) is 0 Å². The van der Waals surface area contributed by atoms with Crippen LogP contribution in [0.1, 0.15) is 50.5 Å². The first-order valence-electron chi connectivity index (χ1n) is 13.5. The van der Waals surface area contributed by atoms with Gasteiger partial charge < -0.3 is 24.2 Å². The number of amides is 2. The van der Waals surface area contributed by atoms with E-state index in [9.17, 15) is 22.8 Å². The number of carbonyl (C=O) groups excluding carboxylic acids is 2. The molecule has 2 amide bonds. The highest BCUT2D eigenvalue weighted by molar-refractivity contribution is 5.95. The lowest BCUT2D eigenvalue weighted by Gasteiger charge is -2.44. The number of carbonyl (C=O) groups is 2. The number of piperazine rings is 1. The number of para-hydroxylation sites is 1. The van der Waals surface area contributed by atoms with Gasteiger partial charge in [0.2, 0.25) is 0 Å². The molecule has 0 saturated carbocycles. The molecule has 2 aromatic rings. The van der Waals surface area contributed by atoms with Gasteiger partial charge in [0.25, 0.3) is 0 Å². The number of halogens is 3. The van der Waals surface area contributed by atoms with Crippen LogP contribution in [0.5, 0.6) is 5.75 Å². The standard InChI is InChI=1S/C28H35F3N4O4/c1-4-19-18-33(27(37)35-15-9-12-24(35)28(29,30)31)16-17-34(19)22-14-13-21(32-25(22)26(36)39-6-3)20-10-7-8-11-23(20)38-5-2/h7-8,10-11,13-14,19,24H,4-6,9,12,15-18H2,1-3H3/t19-,24+/m1/s1. The molecule has 0 N–H and O–H groups in total. The van der Waals surface area contributed by atoms with Gasteiger partial charge in [0, 0.05) is 37.8 Å². The minimum Gasteiger partial charge on any atom is -0.493 e. The summed E-state index contributed by atoms with van der Waals surface area (Å²) in [5, 5.41) is 0. The van der Waals surface area contributed by atoms with E-state index in [1.165, 1.54) is 4.90 Å². The average molecular weight is 549 g/mol. The number of urea groups is 1. The zero-order valence-electron chi connectivity index (χ0n) is 22.5. The van der Waals surface area contributed by atoms with Crippen LogP contribution in [0.4, 0.5) is 23.7 Å². The largest absolute Gasteiger partial charge is 0.493 e. The molecule has 0 spiro atoms. The highest BCUT2D eigenvalue weighted by Crippen LogP contribution is 2.35. The number of pyridine rings is 1. The van der Waals surface area contributed by atoms with Crippen LogP contribution in [0.3, 0.4) is 0 Å². The van der Waals surface area contributed by atoms with Crippen molar-refractivity contribution in [3.63, 3.8) is 0 Å². The Labute approximate surface area is 226 Å². The van der Waals surface area contributed by atoms with Gasteiger partial charge in [-0.2, -0.15) is 13.2 Å². The fraction of sp³-hybridized carbons (Fsp3) is 0.536. The molecule has 2 saturated heterocycles. The number of anilines is 1. The van der Waals surface area contributed by atoms with E-state index in [2.05, 4.69) is 0 Å². The number of rotatable bonds is 7. The molecule has 11 heteroatoms. The summed E-state index contributed by atoms with van der Waals surface area (Å²) in [7, 11) is 0. The van der Waals surface area contributed by atoms with E-state index in [1.807, 2.05) is 55.1 Å². The van der Waals surface area contributed by atoms with Crippen LogP contribution in [-0.4, -0.2) is 84.4 Å². The lowest BCUT2D eigenvalue weighted by molar-refractivity contribution is -0.170. The maximum absolute atomic E-state index is 13.5. The molecule has 1 aromatic heterocycles. The summed E-state index contributed by atoms with van der Waals surface area (Å²) < 4.78 is 51.6. The van der Waals surface area contributed by atoms with Crippen molar-refractivity contribution in [2.75, 3.05) is 44.3 Å². The molecule has 39 heavy (non-hydrogen) atoms. The first-order chi connectivity index (χ1) is 18.7. The van der Waals surface area contributed by atoms with Crippen molar-refractivity contribution in [1.82, 2.24) is 14.8 Å². The molecular formula is C28H35F3N4O4. The number of ether oxygens (including phenoxy) is 2. The molecule has 2 atom stereocenters. The molecule has 1 aromatic carbocycles. The minimum absolute atomic E-state index is 0.0697. The van der Waals surface area contributed by atoms with Crippen molar-refractivity contribution in [2.45, 2.75) is 58.3 Å². The fourth-order valence-electron chi connectivity index (χ4n) is 5.36. The Morgan fingerprint density at radius 3 is 2.49 bits per heavy atom. The third kappa shape index (κ3) is 6.07. The quantitative estimate of drug-likeness (QED) is 0.433. The molecule has 2 aliphatic heterocycles. The van der Waals surface area contributed by atoms with E-state index in [0.29, 0.717) is 43.1 Å². The van der Waals surface area contributed by atoms with Crippen molar-refractivity contribution >= 4 is 17.7 Å². The highest BCUT2D eigenvalue weighted by Gasteiger charge is 2.49. The zero-order valence-corrected chi connectivity index (χ0v) is 22.5. The van der Waals surface area contributed by atoms with Crippen molar-refractivity contribution < 1.29 is 32.2 Å². The van der Waals surface area contributed by atoms with Crippen molar-refractivity contribution in [3.8, 4) is 17.0 Å². The maximum atomic E-state index is 13.5. The number of nitrogens with zero attached hydrogens (tertiary/aromatic N) is 4. The van der Waals surface area contributed by atoms with Crippen molar-refractivity contribution in [3.05, 3.63) is 42.1 Å². The smallest absolute Gasteiger partial charge is 0.408 e. The van der Waals surface area contributed by atoms with Crippen LogP contribution in [0, 0.1) is 0 Å². The number of benzene rings is 1. The number of hydrogen-bond donors (Lipinski definition) is 0. The normalized spacial score (nSPS) is 19.8. The van der Waals surface area contributed by atoms with Crippen LogP contribution >= 0.6 is 0 Å². The summed E-state index contributed by atoms with van der Waals surface area (Å²) in [5.41, 5.74) is 2.01. The lowest BCUT2D eigenvalue weighted by atomic mass is 10.1. The third-order valence-corrected chi connectivity index (χ3v) is 7.22. The second kappa shape index (κ2) is 12.1. The molecule has 2 fully saturated rings. The predicted octanol–water partition coefficient (Wildman–Crippen LogP) is 5.37. The summed E-state index contributed by atoms with van der Waals surface area (Å²) in [6.07, 6.45) is -3.56. The fourth-order valence-corrected chi connectivity index (χ4v) is 5.36. The summed E-state index contributed by atoms with van der Waals surface area (Å²) in [6.45, 7) is 7.12. The van der Waals surface area contributed by atoms with E-state index in [1.54, 1.807) is 6.92 Å². The zero-order chi connectivity index (χ0) is 28.2. The molecule has 2 aliphatic rings. The Morgan fingerprint density at radius 1 is 1.03 bits per heavy atom. The van der Waals surface area contributed by atoms with Crippen LogP contribution in [-0.2, 0) is 4.74 Å². The molecule has 8 nitrogen and oxygen atoms in total. The van der Waals surface area contributed by atoms with Gasteiger partial charge in [-0.05, 0) is 57.4 Å². The lowest BCUT2D eigenvalue weighted by Crippen LogP contribution is -2.59. The van der Waals surface area contributed by atoms with E-state index in [4.69, 9.17) is 14.5 Å². The molecular weight excluding hydrogens is 513 g/mol. The summed E-state index contributed by atoms with van der Waals surface area (Å²) in [6, 6.07) is 8.53. The molecule has 212 valence electrons. The molecule has 0 unspecified atom stereocenters. The van der Waals surface area contributed by atoms with Crippen LogP contribution in [0.15, 0.2) is 36.4 Å². The number of esters is 1. The van der Waals surface area contributed by atoms with Crippen LogP contribution in [0.25, 0.3) is 11.3 Å². The first kappa shape index (κ1) is 28.5. The Bertz CT molecular complexity index is 1180. The molecule has 4 rings (SSSR count). The van der Waals surface area contributed by atoms with Crippen molar-refractivity contribution in [1.29, 1.82) is 0 Å². The van der Waals surface area contributed by atoms with Gasteiger partial charge in [0.05, 0.1) is 24.6 Å². The second-order valence-corrected chi connectivity index (χ2v) is 9.59. The second-order valence-electron chi connectivity index (χ2n) is 9.59. The van der Waals surface area contributed by atoms with E-state index < -0.39 is 24.2 Å². The van der Waals surface area contributed by atoms with Gasteiger partial charge >= 0.3 is 18.2 Å². The van der Waals surface area contributed by atoms with E-state index in [-0.39, 0.29) is 44.4 Å². The number of aromatic nitrogens is 1. The average Bonchev–Trinajstić information content (AvgIpc) is 3.44. The number of hydrogen-bond acceptors (Lipinski definition) is 6. The minimum atomic E-state index is -4.44. The maximum Gasteiger partial charge on any atom is 0.408 e. The molecule has 3 heterocycles. The molecule has 0 aliphatic carbocycles. The first-order valence-corrected chi connectivity index (χ1v) is 13.5. The van der Waals surface area contributed by atoms with Gasteiger partial charge in [-0.1, -0.05) is 19.1 Å². The monoisotopic (exact) mass is 548 g/mol. The van der Waals surface area contributed by atoms with Gasteiger partial charge in [-0.15, -0.1) is 0 Å². The summed E-state index contributed by atoms with van der Waals surface area (Å²) in [5.74, 6) is 0.0781. The van der Waals surface area contributed by atoms with E-state index >= 15 is 0 Å². The SMILES string of the molecule is CCOC(=O)c1nc(-c2ccccc2OCC)ccc1N1CCN(C(=O)N2CCC[C@H]2C(F)(F)F)C[C@H]1CC. The molecule has 0 radical (unpaired) electrons. The Balaban J connectivity index is 1.62. The molecule has 0 bridgehead atoms. The van der Waals surface area contributed by atoms with E-state index in [0.717, 1.165) is 10.5 Å². The van der Waals surface area contributed by atoms with Gasteiger partial charge in [0.1, 0.15) is 11.8 Å². The third-order valence-electron chi connectivity index (χ3n) is 7.22. The Kier molecular flexibility index (Phi) is 8.87. The number of alkyl halides is 3. The summed E-state index contributed by atoms with van der Waals surface area (Å²) >= 11 is 0. The van der Waals surface area contributed by atoms with Gasteiger partial charge in [-0.25, -0.2) is 14.6 Å². The Hall–Kier alpha value is -3.50. The van der Waals surface area contributed by atoms with Gasteiger partial charge in [0.15, 0.2) is 5.69 Å². The van der Waals surface area contributed by atoms with Crippen molar-refractivity contribution in [2.24, 2.45) is 0 Å². The predicted molar refractivity (Wildman–Crippen MR) is 141 cm³/mol. The van der Waals surface area contributed by atoms with Crippen LogP contribution < -0.4 is 9.64 Å².